The first-order valence-electron chi connectivity index (χ1n) is 7.65. The lowest BCUT2D eigenvalue weighted by molar-refractivity contribution is -0.122. The molecule has 116 valence electrons. The molecule has 1 saturated heterocycles. The van der Waals surface area contributed by atoms with Gasteiger partial charge in [-0.05, 0) is 31.0 Å². The van der Waals surface area contributed by atoms with Crippen molar-refractivity contribution in [1.82, 2.24) is 19.7 Å². The topological polar surface area (TPSA) is 63.1 Å². The van der Waals surface area contributed by atoms with Gasteiger partial charge in [-0.15, -0.1) is 0 Å². The summed E-state index contributed by atoms with van der Waals surface area (Å²) in [5.41, 5.74) is 1.89. The molecule has 0 saturated carbocycles. The third-order valence-corrected chi connectivity index (χ3v) is 4.00. The first-order chi connectivity index (χ1) is 10.7. The third kappa shape index (κ3) is 3.51. The van der Waals surface area contributed by atoms with Crippen LogP contribution in [0.25, 0.3) is 0 Å². The van der Waals surface area contributed by atoms with Crippen molar-refractivity contribution < 1.29 is 4.79 Å². The van der Waals surface area contributed by atoms with Crippen LogP contribution in [0.2, 0.25) is 0 Å². The molecule has 1 atom stereocenters. The van der Waals surface area contributed by atoms with Gasteiger partial charge in [0.1, 0.15) is 0 Å². The molecule has 0 spiro atoms. The number of pyridine rings is 1. The first-order valence-corrected chi connectivity index (χ1v) is 7.65. The quantitative estimate of drug-likeness (QED) is 0.935. The van der Waals surface area contributed by atoms with Crippen molar-refractivity contribution in [2.24, 2.45) is 7.05 Å². The third-order valence-electron chi connectivity index (χ3n) is 4.00. The van der Waals surface area contributed by atoms with Crippen LogP contribution in [0.3, 0.4) is 0 Å². The SMILES string of the molecule is Cn1cc(NC(=O)C2CCCCN2Cc2cccnc2)cn1. The fourth-order valence-corrected chi connectivity index (χ4v) is 2.91. The number of piperidine rings is 1. The summed E-state index contributed by atoms with van der Waals surface area (Å²) in [5, 5.41) is 7.05. The van der Waals surface area contributed by atoms with Crippen LogP contribution in [0.1, 0.15) is 24.8 Å². The number of carbonyl (C=O) groups excluding carboxylic acids is 1. The fourth-order valence-electron chi connectivity index (χ4n) is 2.91. The van der Waals surface area contributed by atoms with Crippen molar-refractivity contribution in [2.45, 2.75) is 31.8 Å². The number of anilines is 1. The molecule has 2 aromatic rings. The summed E-state index contributed by atoms with van der Waals surface area (Å²) in [6.45, 7) is 1.71. The van der Waals surface area contributed by atoms with Gasteiger partial charge in [-0.25, -0.2) is 0 Å². The Morgan fingerprint density at radius 2 is 2.32 bits per heavy atom. The number of amides is 1. The molecule has 1 unspecified atom stereocenters. The second kappa shape index (κ2) is 6.70. The number of carbonyl (C=O) groups is 1. The van der Waals surface area contributed by atoms with Crippen molar-refractivity contribution in [3.8, 4) is 0 Å². The summed E-state index contributed by atoms with van der Waals surface area (Å²) in [6.07, 6.45) is 10.2. The van der Waals surface area contributed by atoms with Gasteiger partial charge in [-0.2, -0.15) is 5.10 Å². The molecule has 1 aliphatic heterocycles. The van der Waals surface area contributed by atoms with Crippen molar-refractivity contribution in [3.63, 3.8) is 0 Å². The van der Waals surface area contributed by atoms with Crippen LogP contribution in [-0.2, 0) is 18.4 Å². The predicted octanol–water partition coefficient (Wildman–Crippen LogP) is 1.81. The Morgan fingerprint density at radius 3 is 3.05 bits per heavy atom. The lowest BCUT2D eigenvalue weighted by Gasteiger charge is -2.34. The molecular weight excluding hydrogens is 278 g/mol. The minimum atomic E-state index is -0.0887. The second-order valence-corrected chi connectivity index (χ2v) is 5.74. The largest absolute Gasteiger partial charge is 0.322 e. The average molecular weight is 299 g/mol. The van der Waals surface area contributed by atoms with Crippen LogP contribution in [0.4, 0.5) is 5.69 Å². The number of aromatic nitrogens is 3. The molecule has 6 nitrogen and oxygen atoms in total. The van der Waals surface area contributed by atoms with E-state index >= 15 is 0 Å². The highest BCUT2D eigenvalue weighted by Gasteiger charge is 2.28. The maximum Gasteiger partial charge on any atom is 0.241 e. The molecule has 2 aromatic heterocycles. The predicted molar refractivity (Wildman–Crippen MR) is 84.1 cm³/mol. The summed E-state index contributed by atoms with van der Waals surface area (Å²) in [5.74, 6) is 0.0524. The van der Waals surface area contributed by atoms with Crippen LogP contribution < -0.4 is 5.32 Å². The molecule has 0 radical (unpaired) electrons. The minimum absolute atomic E-state index is 0.0524. The van der Waals surface area contributed by atoms with Crippen molar-refractivity contribution in [1.29, 1.82) is 0 Å². The van der Waals surface area contributed by atoms with Gasteiger partial charge in [-0.1, -0.05) is 12.5 Å². The molecule has 6 heteroatoms. The van der Waals surface area contributed by atoms with E-state index in [0.29, 0.717) is 0 Å². The molecular formula is C16H21N5O. The Labute approximate surface area is 130 Å². The van der Waals surface area contributed by atoms with E-state index in [0.717, 1.165) is 43.6 Å². The molecule has 0 aliphatic carbocycles. The van der Waals surface area contributed by atoms with E-state index in [-0.39, 0.29) is 11.9 Å². The molecule has 22 heavy (non-hydrogen) atoms. The number of likely N-dealkylation sites (tertiary alicyclic amines) is 1. The lowest BCUT2D eigenvalue weighted by Crippen LogP contribution is -2.46. The highest BCUT2D eigenvalue weighted by Crippen LogP contribution is 2.21. The van der Waals surface area contributed by atoms with Crippen LogP contribution >= 0.6 is 0 Å². The van der Waals surface area contributed by atoms with E-state index in [2.05, 4.69) is 26.4 Å². The normalized spacial score (nSPS) is 19.0. The molecule has 1 fully saturated rings. The second-order valence-electron chi connectivity index (χ2n) is 5.74. The number of nitrogens with zero attached hydrogens (tertiary/aromatic N) is 4. The number of hydrogen-bond donors (Lipinski definition) is 1. The van der Waals surface area contributed by atoms with Gasteiger partial charge in [0.2, 0.25) is 5.91 Å². The number of aryl methyl sites for hydroxylation is 1. The molecule has 1 N–H and O–H groups in total. The zero-order chi connectivity index (χ0) is 15.4. The van der Waals surface area contributed by atoms with Gasteiger partial charge >= 0.3 is 0 Å². The van der Waals surface area contributed by atoms with E-state index in [1.54, 1.807) is 17.1 Å². The van der Waals surface area contributed by atoms with Crippen LogP contribution in [0, 0.1) is 0 Å². The Balaban J connectivity index is 1.67. The summed E-state index contributed by atoms with van der Waals surface area (Å²) < 4.78 is 1.68. The fraction of sp³-hybridized carbons (Fsp3) is 0.438. The number of hydrogen-bond acceptors (Lipinski definition) is 4. The van der Waals surface area contributed by atoms with Crippen LogP contribution in [0.15, 0.2) is 36.9 Å². The molecule has 0 bridgehead atoms. The Bertz CT molecular complexity index is 624. The maximum absolute atomic E-state index is 12.6. The van der Waals surface area contributed by atoms with E-state index in [1.807, 2.05) is 25.5 Å². The van der Waals surface area contributed by atoms with Gasteiger partial charge in [0, 0.05) is 32.2 Å². The first kappa shape index (κ1) is 14.7. The lowest BCUT2D eigenvalue weighted by atomic mass is 10.0. The zero-order valence-electron chi connectivity index (χ0n) is 12.8. The highest BCUT2D eigenvalue weighted by atomic mass is 16.2. The summed E-state index contributed by atoms with van der Waals surface area (Å²) in [6, 6.07) is 3.90. The van der Waals surface area contributed by atoms with Crippen molar-refractivity contribution in [3.05, 3.63) is 42.5 Å². The molecule has 1 amide bonds. The average Bonchev–Trinajstić information content (AvgIpc) is 2.94. The monoisotopic (exact) mass is 299 g/mol. The van der Waals surface area contributed by atoms with E-state index in [9.17, 15) is 4.79 Å². The van der Waals surface area contributed by atoms with Crippen LogP contribution in [-0.4, -0.2) is 38.2 Å². The Kier molecular flexibility index (Phi) is 4.48. The van der Waals surface area contributed by atoms with Crippen LogP contribution in [0.5, 0.6) is 0 Å². The van der Waals surface area contributed by atoms with Gasteiger partial charge < -0.3 is 5.32 Å². The summed E-state index contributed by atoms with van der Waals surface area (Å²) >= 11 is 0. The molecule has 3 heterocycles. The minimum Gasteiger partial charge on any atom is -0.322 e. The number of nitrogens with one attached hydrogen (secondary N) is 1. The maximum atomic E-state index is 12.6. The number of rotatable bonds is 4. The van der Waals surface area contributed by atoms with E-state index < -0.39 is 0 Å². The van der Waals surface area contributed by atoms with Crippen molar-refractivity contribution in [2.75, 3.05) is 11.9 Å². The van der Waals surface area contributed by atoms with E-state index in [1.165, 1.54) is 0 Å². The highest BCUT2D eigenvalue weighted by molar-refractivity contribution is 5.94. The van der Waals surface area contributed by atoms with Gasteiger partial charge in [-0.3, -0.25) is 19.4 Å². The Morgan fingerprint density at radius 1 is 1.41 bits per heavy atom. The van der Waals surface area contributed by atoms with Gasteiger partial charge in [0.25, 0.3) is 0 Å². The van der Waals surface area contributed by atoms with Crippen molar-refractivity contribution >= 4 is 11.6 Å². The van der Waals surface area contributed by atoms with E-state index in [4.69, 9.17) is 0 Å². The molecule has 3 rings (SSSR count). The smallest absolute Gasteiger partial charge is 0.241 e. The standard InChI is InChI=1S/C16H21N5O/c1-20-12-14(10-18-20)19-16(22)15-6-2-3-8-21(15)11-13-5-4-7-17-9-13/h4-5,7,9-10,12,15H,2-3,6,8,11H2,1H3,(H,19,22). The summed E-state index contributed by atoms with van der Waals surface area (Å²) in [7, 11) is 1.84. The summed E-state index contributed by atoms with van der Waals surface area (Å²) in [4.78, 5) is 19.0. The molecule has 1 aliphatic rings. The van der Waals surface area contributed by atoms with Gasteiger partial charge in [0.15, 0.2) is 0 Å². The zero-order valence-corrected chi connectivity index (χ0v) is 12.8. The molecule has 0 aromatic carbocycles. The Hall–Kier alpha value is -2.21. The van der Waals surface area contributed by atoms with Gasteiger partial charge in [0.05, 0.1) is 17.9 Å².